The molecule has 1 fully saturated rings. The maximum atomic E-state index is 13.2. The first-order valence-electron chi connectivity index (χ1n) is 6.75. The summed E-state index contributed by atoms with van der Waals surface area (Å²) in [5.74, 6) is -1.67. The van der Waals surface area contributed by atoms with Crippen LogP contribution in [0.25, 0.3) is 0 Å². The topological polar surface area (TPSA) is 29.5 Å². The lowest BCUT2D eigenvalue weighted by Crippen LogP contribution is -2.37. The van der Waals surface area contributed by atoms with E-state index in [0.29, 0.717) is 12.5 Å². The van der Waals surface area contributed by atoms with Gasteiger partial charge < -0.3 is 4.74 Å². The Morgan fingerprint density at radius 2 is 2.20 bits per heavy atom. The summed E-state index contributed by atoms with van der Waals surface area (Å²) in [5, 5.41) is 0. The second-order valence-electron chi connectivity index (χ2n) is 5.27. The number of halogens is 2. The van der Waals surface area contributed by atoms with Gasteiger partial charge in [-0.05, 0) is 44.0 Å². The van der Waals surface area contributed by atoms with Crippen LogP contribution in [-0.4, -0.2) is 43.5 Å². The van der Waals surface area contributed by atoms with Crippen molar-refractivity contribution >= 4 is 5.78 Å². The van der Waals surface area contributed by atoms with E-state index in [1.807, 2.05) is 0 Å². The second-order valence-corrected chi connectivity index (χ2v) is 5.27. The third-order valence-corrected chi connectivity index (χ3v) is 3.85. The first-order valence-corrected chi connectivity index (χ1v) is 6.75. The van der Waals surface area contributed by atoms with Crippen molar-refractivity contribution in [3.05, 3.63) is 35.4 Å². The lowest BCUT2D eigenvalue weighted by atomic mass is 10.0. The van der Waals surface area contributed by atoms with Gasteiger partial charge in [0, 0.05) is 19.2 Å². The van der Waals surface area contributed by atoms with E-state index in [1.165, 1.54) is 6.07 Å². The minimum Gasteiger partial charge on any atom is -0.384 e. The molecular weight excluding hydrogens is 264 g/mol. The van der Waals surface area contributed by atoms with Gasteiger partial charge in [0.15, 0.2) is 17.4 Å². The highest BCUT2D eigenvalue weighted by molar-refractivity contribution is 5.99. The van der Waals surface area contributed by atoms with Crippen LogP contribution in [0.3, 0.4) is 0 Å². The van der Waals surface area contributed by atoms with Crippen molar-refractivity contribution < 1.29 is 18.3 Å². The fourth-order valence-corrected chi connectivity index (χ4v) is 2.64. The molecule has 1 aliphatic rings. The van der Waals surface area contributed by atoms with E-state index >= 15 is 0 Å². The molecule has 0 spiro atoms. The summed E-state index contributed by atoms with van der Waals surface area (Å²) in [6, 6.07) is 2.96. The Morgan fingerprint density at radius 1 is 1.45 bits per heavy atom. The van der Waals surface area contributed by atoms with Crippen LogP contribution in [0.15, 0.2) is 18.2 Å². The Labute approximate surface area is 117 Å². The highest BCUT2D eigenvalue weighted by atomic mass is 19.2. The van der Waals surface area contributed by atoms with Crippen molar-refractivity contribution in [1.29, 1.82) is 0 Å². The Bertz CT molecular complexity index is 493. The Hall–Kier alpha value is -1.33. The zero-order valence-corrected chi connectivity index (χ0v) is 11.7. The number of ether oxygens (including phenoxy) is 1. The lowest BCUT2D eigenvalue weighted by Gasteiger charge is -2.23. The van der Waals surface area contributed by atoms with E-state index in [2.05, 4.69) is 4.90 Å². The standard InChI is InChI=1S/C15H19F2NO2/c1-10(18-6-5-11(8-18)9-20-2)15(19)12-3-4-13(16)14(17)7-12/h3-4,7,10-11H,5-6,8-9H2,1-2H3. The van der Waals surface area contributed by atoms with Crippen LogP contribution in [0, 0.1) is 17.6 Å². The van der Waals surface area contributed by atoms with Crippen molar-refractivity contribution in [2.45, 2.75) is 19.4 Å². The molecule has 2 atom stereocenters. The predicted molar refractivity (Wildman–Crippen MR) is 71.7 cm³/mol. The van der Waals surface area contributed by atoms with Crippen LogP contribution < -0.4 is 0 Å². The smallest absolute Gasteiger partial charge is 0.179 e. The molecule has 5 heteroatoms. The zero-order chi connectivity index (χ0) is 14.7. The van der Waals surface area contributed by atoms with Gasteiger partial charge in [-0.1, -0.05) is 0 Å². The number of Topliss-reactive ketones (excluding diaryl/α,β-unsaturated/α-hetero) is 1. The van der Waals surface area contributed by atoms with Gasteiger partial charge in [0.25, 0.3) is 0 Å². The molecule has 2 unspecified atom stereocenters. The first-order chi connectivity index (χ1) is 9.52. The summed E-state index contributed by atoms with van der Waals surface area (Å²) in [5.41, 5.74) is 0.214. The SMILES string of the molecule is COCC1CCN(C(C)C(=O)c2ccc(F)c(F)c2)C1. The number of nitrogens with zero attached hydrogens (tertiary/aromatic N) is 1. The maximum Gasteiger partial charge on any atom is 0.179 e. The molecule has 0 aliphatic carbocycles. The van der Waals surface area contributed by atoms with Crippen LogP contribution in [0.4, 0.5) is 8.78 Å². The monoisotopic (exact) mass is 283 g/mol. The fourth-order valence-electron chi connectivity index (χ4n) is 2.64. The number of carbonyl (C=O) groups is 1. The Kier molecular flexibility index (Phi) is 4.83. The summed E-state index contributed by atoms with van der Waals surface area (Å²) < 4.78 is 31.2. The largest absolute Gasteiger partial charge is 0.384 e. The van der Waals surface area contributed by atoms with Crippen molar-refractivity contribution in [3.8, 4) is 0 Å². The molecule has 0 saturated carbocycles. The van der Waals surface area contributed by atoms with Gasteiger partial charge in [-0.15, -0.1) is 0 Å². The molecule has 0 bridgehead atoms. The quantitative estimate of drug-likeness (QED) is 0.778. The number of benzene rings is 1. The summed E-state index contributed by atoms with van der Waals surface area (Å²) >= 11 is 0. The Morgan fingerprint density at radius 3 is 2.85 bits per heavy atom. The number of likely N-dealkylation sites (tertiary alicyclic amines) is 1. The average Bonchev–Trinajstić information content (AvgIpc) is 2.89. The third-order valence-electron chi connectivity index (χ3n) is 3.85. The van der Waals surface area contributed by atoms with Crippen LogP contribution in [0.1, 0.15) is 23.7 Å². The van der Waals surface area contributed by atoms with Gasteiger partial charge >= 0.3 is 0 Å². The summed E-state index contributed by atoms with van der Waals surface area (Å²) in [7, 11) is 1.67. The van der Waals surface area contributed by atoms with E-state index < -0.39 is 11.6 Å². The molecule has 0 aromatic heterocycles. The van der Waals surface area contributed by atoms with Crippen LogP contribution >= 0.6 is 0 Å². The molecular formula is C15H19F2NO2. The van der Waals surface area contributed by atoms with E-state index in [9.17, 15) is 13.6 Å². The van der Waals surface area contributed by atoms with Crippen LogP contribution in [0.2, 0.25) is 0 Å². The fraction of sp³-hybridized carbons (Fsp3) is 0.533. The molecule has 1 saturated heterocycles. The highest BCUT2D eigenvalue weighted by Crippen LogP contribution is 2.21. The molecule has 0 radical (unpaired) electrons. The number of hydrogen-bond acceptors (Lipinski definition) is 3. The van der Waals surface area contributed by atoms with Crippen LogP contribution in [0.5, 0.6) is 0 Å². The van der Waals surface area contributed by atoms with E-state index in [4.69, 9.17) is 4.74 Å². The van der Waals surface area contributed by atoms with Gasteiger partial charge in [-0.25, -0.2) is 8.78 Å². The van der Waals surface area contributed by atoms with Gasteiger partial charge in [-0.2, -0.15) is 0 Å². The number of carbonyl (C=O) groups excluding carboxylic acids is 1. The first kappa shape index (κ1) is 15.1. The molecule has 20 heavy (non-hydrogen) atoms. The summed E-state index contributed by atoms with van der Waals surface area (Å²) in [6.07, 6.45) is 0.989. The molecule has 1 aromatic carbocycles. The average molecular weight is 283 g/mol. The van der Waals surface area contributed by atoms with Gasteiger partial charge in [0.1, 0.15) is 0 Å². The van der Waals surface area contributed by atoms with E-state index in [1.54, 1.807) is 14.0 Å². The lowest BCUT2D eigenvalue weighted by molar-refractivity contribution is 0.0851. The summed E-state index contributed by atoms with van der Waals surface area (Å²) in [6.45, 7) is 4.11. The van der Waals surface area contributed by atoms with E-state index in [-0.39, 0.29) is 17.4 Å². The molecule has 0 amide bonds. The number of methoxy groups -OCH3 is 1. The summed E-state index contributed by atoms with van der Waals surface area (Å²) in [4.78, 5) is 14.4. The minimum atomic E-state index is -0.985. The normalized spacial score (nSPS) is 21.1. The van der Waals surface area contributed by atoms with Crippen LogP contribution in [-0.2, 0) is 4.74 Å². The number of rotatable bonds is 5. The minimum absolute atomic E-state index is 0.179. The molecule has 2 rings (SSSR count). The van der Waals surface area contributed by atoms with E-state index in [0.717, 1.165) is 31.6 Å². The molecule has 1 aromatic rings. The van der Waals surface area contributed by atoms with Crippen molar-refractivity contribution in [2.24, 2.45) is 5.92 Å². The number of hydrogen-bond donors (Lipinski definition) is 0. The van der Waals surface area contributed by atoms with Gasteiger partial charge in [0.05, 0.1) is 12.6 Å². The predicted octanol–water partition coefficient (Wildman–Crippen LogP) is 2.50. The second kappa shape index (κ2) is 6.41. The van der Waals surface area contributed by atoms with Crippen molar-refractivity contribution in [3.63, 3.8) is 0 Å². The van der Waals surface area contributed by atoms with Crippen molar-refractivity contribution in [1.82, 2.24) is 4.90 Å². The maximum absolute atomic E-state index is 13.2. The Balaban J connectivity index is 2.03. The number of ketones is 1. The molecule has 3 nitrogen and oxygen atoms in total. The highest BCUT2D eigenvalue weighted by Gasteiger charge is 2.30. The molecule has 1 aliphatic heterocycles. The molecule has 0 N–H and O–H groups in total. The van der Waals surface area contributed by atoms with Gasteiger partial charge in [-0.3, -0.25) is 9.69 Å². The zero-order valence-electron chi connectivity index (χ0n) is 11.7. The van der Waals surface area contributed by atoms with Gasteiger partial charge in [0.2, 0.25) is 0 Å². The molecule has 1 heterocycles. The molecule has 110 valence electrons. The van der Waals surface area contributed by atoms with Crippen molar-refractivity contribution in [2.75, 3.05) is 26.8 Å². The third kappa shape index (κ3) is 3.22.